The molecule has 0 saturated carbocycles. The van der Waals surface area contributed by atoms with E-state index in [0.29, 0.717) is 7.11 Å². The fourth-order valence-electron chi connectivity index (χ4n) is 0.466. The Balaban J connectivity index is 4.80. The van der Waals surface area contributed by atoms with Gasteiger partial charge in [-0.2, -0.15) is 13.2 Å². The van der Waals surface area contributed by atoms with Crippen molar-refractivity contribution >= 4 is 13.8 Å². The predicted octanol–water partition coefficient (Wildman–Crippen LogP) is 0.233. The van der Waals surface area contributed by atoms with Crippen molar-refractivity contribution in [2.75, 3.05) is 14.2 Å². The quantitative estimate of drug-likeness (QED) is 0.453. The standard InChI is InChI=1S/C5H6BF3O3/c1-11-3(10)4(6,12-2)5(7,8)9/h1-2H3. The number of hydrogen-bond acceptors (Lipinski definition) is 3. The lowest BCUT2D eigenvalue weighted by Crippen LogP contribution is -2.54. The third kappa shape index (κ3) is 1.71. The number of ether oxygens (including phenoxy) is 2. The van der Waals surface area contributed by atoms with Gasteiger partial charge in [-0.25, -0.2) is 4.79 Å². The minimum absolute atomic E-state index is 0.671. The van der Waals surface area contributed by atoms with E-state index in [2.05, 4.69) is 17.3 Å². The van der Waals surface area contributed by atoms with Crippen LogP contribution in [0.25, 0.3) is 0 Å². The Bertz CT molecular complexity index is 181. The van der Waals surface area contributed by atoms with Crippen LogP contribution in [0.1, 0.15) is 0 Å². The van der Waals surface area contributed by atoms with Crippen LogP contribution in [0.2, 0.25) is 0 Å². The topological polar surface area (TPSA) is 35.5 Å². The maximum Gasteiger partial charge on any atom is 0.419 e. The molecule has 68 valence electrons. The first-order valence-corrected chi connectivity index (χ1v) is 2.78. The van der Waals surface area contributed by atoms with Crippen molar-refractivity contribution in [2.45, 2.75) is 11.7 Å². The third-order valence-corrected chi connectivity index (χ3v) is 1.23. The van der Waals surface area contributed by atoms with E-state index in [4.69, 9.17) is 0 Å². The Kier molecular flexibility index (Phi) is 3.14. The van der Waals surface area contributed by atoms with E-state index in [-0.39, 0.29) is 0 Å². The molecule has 0 saturated heterocycles. The second-order valence-corrected chi connectivity index (χ2v) is 1.93. The zero-order valence-corrected chi connectivity index (χ0v) is 6.44. The second kappa shape index (κ2) is 3.34. The molecule has 0 aromatic heterocycles. The van der Waals surface area contributed by atoms with E-state index in [1.54, 1.807) is 0 Å². The molecule has 0 aromatic carbocycles. The lowest BCUT2D eigenvalue weighted by atomic mass is 9.80. The molecule has 1 unspecified atom stereocenters. The Morgan fingerprint density at radius 2 is 1.75 bits per heavy atom. The van der Waals surface area contributed by atoms with Crippen LogP contribution < -0.4 is 0 Å². The number of rotatable bonds is 2. The summed E-state index contributed by atoms with van der Waals surface area (Å²) in [4.78, 5) is 10.5. The first-order valence-electron chi connectivity index (χ1n) is 2.78. The van der Waals surface area contributed by atoms with Crippen LogP contribution in [-0.2, 0) is 14.3 Å². The molecule has 0 N–H and O–H groups in total. The van der Waals surface area contributed by atoms with E-state index in [1.807, 2.05) is 0 Å². The van der Waals surface area contributed by atoms with Crippen molar-refractivity contribution in [3.05, 3.63) is 0 Å². The highest BCUT2D eigenvalue weighted by Gasteiger charge is 2.57. The van der Waals surface area contributed by atoms with Crippen molar-refractivity contribution in [2.24, 2.45) is 0 Å². The monoisotopic (exact) mass is 182 g/mol. The first kappa shape index (κ1) is 11.3. The normalized spacial score (nSPS) is 16.8. The van der Waals surface area contributed by atoms with Crippen LogP contribution in [0.3, 0.4) is 0 Å². The van der Waals surface area contributed by atoms with Crippen LogP contribution >= 0.6 is 0 Å². The summed E-state index contributed by atoms with van der Waals surface area (Å²) in [5, 5.41) is 0. The van der Waals surface area contributed by atoms with Gasteiger partial charge in [0.05, 0.1) is 7.11 Å². The highest BCUT2D eigenvalue weighted by molar-refractivity contribution is 6.27. The molecule has 1 atom stereocenters. The van der Waals surface area contributed by atoms with E-state index in [0.717, 1.165) is 7.11 Å². The average molecular weight is 182 g/mol. The number of halogens is 3. The molecule has 7 heteroatoms. The van der Waals surface area contributed by atoms with Gasteiger partial charge < -0.3 is 9.47 Å². The van der Waals surface area contributed by atoms with Gasteiger partial charge in [0.25, 0.3) is 0 Å². The predicted molar refractivity (Wildman–Crippen MR) is 33.6 cm³/mol. The molecule has 0 rings (SSSR count). The number of alkyl halides is 3. The van der Waals surface area contributed by atoms with E-state index in [9.17, 15) is 18.0 Å². The molecule has 0 aliphatic rings. The van der Waals surface area contributed by atoms with Gasteiger partial charge in [0.1, 0.15) is 7.85 Å². The molecule has 0 heterocycles. The van der Waals surface area contributed by atoms with Gasteiger partial charge in [0.2, 0.25) is 5.50 Å². The molecule has 0 amide bonds. The highest BCUT2D eigenvalue weighted by Crippen LogP contribution is 2.31. The van der Waals surface area contributed by atoms with Gasteiger partial charge in [-0.3, -0.25) is 0 Å². The summed E-state index contributed by atoms with van der Waals surface area (Å²) >= 11 is 0. The molecule has 0 bridgehead atoms. The summed E-state index contributed by atoms with van der Waals surface area (Å²) < 4.78 is 43.6. The third-order valence-electron chi connectivity index (χ3n) is 1.23. The minimum atomic E-state index is -4.99. The zero-order valence-electron chi connectivity index (χ0n) is 6.44. The maximum atomic E-state index is 12.0. The van der Waals surface area contributed by atoms with Crippen LogP contribution in [0, 0.1) is 0 Å². The van der Waals surface area contributed by atoms with Gasteiger partial charge in [0.15, 0.2) is 0 Å². The van der Waals surface area contributed by atoms with Crippen LogP contribution in [0.5, 0.6) is 0 Å². The summed E-state index contributed by atoms with van der Waals surface area (Å²) in [5.74, 6) is -1.68. The summed E-state index contributed by atoms with van der Waals surface area (Å²) in [7, 11) is 6.06. The summed E-state index contributed by atoms with van der Waals surface area (Å²) in [6.07, 6.45) is -4.99. The average Bonchev–Trinajstić information content (AvgIpc) is 1.99. The van der Waals surface area contributed by atoms with Gasteiger partial charge >= 0.3 is 12.1 Å². The van der Waals surface area contributed by atoms with Crippen LogP contribution in [-0.4, -0.2) is 39.7 Å². The molecular formula is C5H6BF3O3. The molecule has 12 heavy (non-hydrogen) atoms. The summed E-state index contributed by atoms with van der Waals surface area (Å²) in [6, 6.07) is 0. The maximum absolute atomic E-state index is 12.0. The summed E-state index contributed by atoms with van der Waals surface area (Å²) in [6.45, 7) is 0. The number of hydrogen-bond donors (Lipinski definition) is 0. The molecule has 0 aliphatic carbocycles. The zero-order chi connectivity index (χ0) is 9.99. The largest absolute Gasteiger partial charge is 0.467 e. The van der Waals surface area contributed by atoms with Crippen molar-refractivity contribution < 1.29 is 27.4 Å². The Morgan fingerprint density at radius 3 is 1.83 bits per heavy atom. The molecular weight excluding hydrogens is 176 g/mol. The first-order chi connectivity index (χ1) is 5.29. The van der Waals surface area contributed by atoms with Gasteiger partial charge in [-0.1, -0.05) is 0 Å². The SMILES string of the molecule is [B]C(OC)(C(=O)OC)C(F)(F)F. The number of carbonyl (C=O) groups excluding carboxylic acids is 1. The fourth-order valence-corrected chi connectivity index (χ4v) is 0.466. The van der Waals surface area contributed by atoms with Gasteiger partial charge in [-0.05, 0) is 0 Å². The van der Waals surface area contributed by atoms with E-state index < -0.39 is 17.6 Å². The number of carbonyl (C=O) groups is 1. The van der Waals surface area contributed by atoms with Gasteiger partial charge in [-0.15, -0.1) is 0 Å². The molecule has 0 spiro atoms. The number of esters is 1. The Hall–Kier alpha value is -0.715. The van der Waals surface area contributed by atoms with Crippen molar-refractivity contribution in [3.8, 4) is 0 Å². The lowest BCUT2D eigenvalue weighted by Gasteiger charge is -2.27. The highest BCUT2D eigenvalue weighted by atomic mass is 19.4. The lowest BCUT2D eigenvalue weighted by molar-refractivity contribution is -0.239. The molecule has 0 fully saturated rings. The molecule has 0 aromatic rings. The summed E-state index contributed by atoms with van der Waals surface area (Å²) in [5.41, 5.74) is -3.37. The molecule has 0 aliphatic heterocycles. The second-order valence-electron chi connectivity index (χ2n) is 1.93. The van der Waals surface area contributed by atoms with Crippen LogP contribution in [0.15, 0.2) is 0 Å². The fraction of sp³-hybridized carbons (Fsp3) is 0.800. The van der Waals surface area contributed by atoms with Crippen LogP contribution in [0.4, 0.5) is 13.2 Å². The minimum Gasteiger partial charge on any atom is -0.467 e. The number of methoxy groups -OCH3 is 2. The Labute approximate surface area is 68.2 Å². The van der Waals surface area contributed by atoms with E-state index in [1.165, 1.54) is 0 Å². The van der Waals surface area contributed by atoms with Crippen molar-refractivity contribution in [3.63, 3.8) is 0 Å². The molecule has 2 radical (unpaired) electrons. The van der Waals surface area contributed by atoms with Gasteiger partial charge in [0, 0.05) is 7.11 Å². The van der Waals surface area contributed by atoms with E-state index >= 15 is 0 Å². The molecule has 3 nitrogen and oxygen atoms in total. The smallest absolute Gasteiger partial charge is 0.419 e. The van der Waals surface area contributed by atoms with Crippen molar-refractivity contribution in [1.29, 1.82) is 0 Å². The Morgan fingerprint density at radius 1 is 1.33 bits per heavy atom. The van der Waals surface area contributed by atoms with Crippen molar-refractivity contribution in [1.82, 2.24) is 0 Å².